The van der Waals surface area contributed by atoms with E-state index < -0.39 is 6.10 Å². The van der Waals surface area contributed by atoms with Crippen molar-refractivity contribution in [3.05, 3.63) is 24.0 Å². The zero-order valence-corrected chi connectivity index (χ0v) is 10.1. The smallest absolute Gasteiger partial charge is 0.127 e. The van der Waals surface area contributed by atoms with Crippen molar-refractivity contribution in [1.82, 2.24) is 10.3 Å². The summed E-state index contributed by atoms with van der Waals surface area (Å²) in [6.07, 6.45) is 3.74. The van der Waals surface area contributed by atoms with Crippen molar-refractivity contribution in [1.29, 1.82) is 0 Å². The van der Waals surface area contributed by atoms with Gasteiger partial charge in [0.15, 0.2) is 0 Å². The molecule has 0 saturated carbocycles. The van der Waals surface area contributed by atoms with Crippen LogP contribution in [0.15, 0.2) is 18.5 Å². The first-order valence-electron chi connectivity index (χ1n) is 5.60. The largest absolute Gasteiger partial charge is 0.496 e. The second-order valence-corrected chi connectivity index (χ2v) is 3.81. The number of hydrogen-bond acceptors (Lipinski definition) is 4. The van der Waals surface area contributed by atoms with Gasteiger partial charge in [-0.05, 0) is 26.0 Å². The lowest BCUT2D eigenvalue weighted by Gasteiger charge is -2.21. The molecule has 0 spiro atoms. The SMILES string of the molecule is CCCN[C@@H](C)C(O)c1cnccc1OC. The second-order valence-electron chi connectivity index (χ2n) is 3.81. The van der Waals surface area contributed by atoms with Gasteiger partial charge in [0.2, 0.25) is 0 Å². The lowest BCUT2D eigenvalue weighted by molar-refractivity contribution is 0.132. The Hall–Kier alpha value is -1.13. The minimum absolute atomic E-state index is 0.0157. The van der Waals surface area contributed by atoms with Crippen molar-refractivity contribution in [2.45, 2.75) is 32.4 Å². The van der Waals surface area contributed by atoms with Crippen LogP contribution in [-0.4, -0.2) is 29.8 Å². The summed E-state index contributed by atoms with van der Waals surface area (Å²) < 4.78 is 5.19. The maximum Gasteiger partial charge on any atom is 0.127 e. The van der Waals surface area contributed by atoms with Gasteiger partial charge >= 0.3 is 0 Å². The first kappa shape index (κ1) is 12.9. The Balaban J connectivity index is 2.74. The van der Waals surface area contributed by atoms with Crippen molar-refractivity contribution >= 4 is 0 Å². The van der Waals surface area contributed by atoms with Crippen LogP contribution in [0.2, 0.25) is 0 Å². The number of aliphatic hydroxyl groups excluding tert-OH is 1. The number of aromatic nitrogens is 1. The van der Waals surface area contributed by atoms with Crippen LogP contribution in [0.3, 0.4) is 0 Å². The maximum absolute atomic E-state index is 10.1. The zero-order valence-electron chi connectivity index (χ0n) is 10.1. The molecule has 0 radical (unpaired) electrons. The summed E-state index contributed by atoms with van der Waals surface area (Å²) in [6, 6.07) is 1.74. The van der Waals surface area contributed by atoms with Crippen LogP contribution in [0, 0.1) is 0 Å². The van der Waals surface area contributed by atoms with Gasteiger partial charge in [-0.3, -0.25) is 4.98 Å². The number of ether oxygens (including phenoxy) is 1. The third-order valence-corrected chi connectivity index (χ3v) is 2.54. The fraction of sp³-hybridized carbons (Fsp3) is 0.583. The van der Waals surface area contributed by atoms with E-state index in [1.54, 1.807) is 25.6 Å². The van der Waals surface area contributed by atoms with E-state index in [1.807, 2.05) is 6.92 Å². The fourth-order valence-corrected chi connectivity index (χ4v) is 1.55. The standard InChI is InChI=1S/C12H20N2O2/c1-4-6-14-9(2)12(15)10-8-13-7-5-11(10)16-3/h5,7-9,12,14-15H,4,6H2,1-3H3/t9-,12?/m0/s1. The summed E-state index contributed by atoms with van der Waals surface area (Å²) >= 11 is 0. The van der Waals surface area contributed by atoms with Crippen molar-refractivity contribution in [2.75, 3.05) is 13.7 Å². The predicted molar refractivity (Wildman–Crippen MR) is 63.5 cm³/mol. The first-order chi connectivity index (χ1) is 7.70. The molecule has 0 aromatic carbocycles. The van der Waals surface area contributed by atoms with Crippen LogP contribution < -0.4 is 10.1 Å². The van der Waals surface area contributed by atoms with Crippen LogP contribution in [-0.2, 0) is 0 Å². The van der Waals surface area contributed by atoms with Gasteiger partial charge in [-0.2, -0.15) is 0 Å². The van der Waals surface area contributed by atoms with E-state index in [0.29, 0.717) is 5.75 Å². The highest BCUT2D eigenvalue weighted by atomic mass is 16.5. The van der Waals surface area contributed by atoms with Crippen molar-refractivity contribution in [3.8, 4) is 5.75 Å². The molecule has 0 fully saturated rings. The summed E-state index contributed by atoms with van der Waals surface area (Å²) in [5.41, 5.74) is 0.723. The van der Waals surface area contributed by atoms with Gasteiger partial charge in [0.25, 0.3) is 0 Å². The van der Waals surface area contributed by atoms with Crippen LogP contribution in [0.4, 0.5) is 0 Å². The van der Waals surface area contributed by atoms with Crippen molar-refractivity contribution in [2.24, 2.45) is 0 Å². The summed E-state index contributed by atoms with van der Waals surface area (Å²) in [4.78, 5) is 4.01. The highest BCUT2D eigenvalue weighted by Crippen LogP contribution is 2.25. The van der Waals surface area contributed by atoms with E-state index in [4.69, 9.17) is 4.74 Å². The van der Waals surface area contributed by atoms with E-state index >= 15 is 0 Å². The molecule has 4 nitrogen and oxygen atoms in total. The van der Waals surface area contributed by atoms with Crippen molar-refractivity contribution in [3.63, 3.8) is 0 Å². The zero-order chi connectivity index (χ0) is 12.0. The molecule has 1 rings (SSSR count). The molecule has 1 aromatic rings. The second kappa shape index (κ2) is 6.45. The Kier molecular flexibility index (Phi) is 5.22. The van der Waals surface area contributed by atoms with E-state index in [-0.39, 0.29) is 6.04 Å². The third kappa shape index (κ3) is 3.18. The number of rotatable bonds is 6. The van der Waals surface area contributed by atoms with Crippen LogP contribution >= 0.6 is 0 Å². The molecule has 0 aliphatic heterocycles. The lowest BCUT2D eigenvalue weighted by atomic mass is 10.0. The Morgan fingerprint density at radius 3 is 2.94 bits per heavy atom. The van der Waals surface area contributed by atoms with E-state index in [0.717, 1.165) is 18.5 Å². The minimum atomic E-state index is -0.602. The number of methoxy groups -OCH3 is 1. The molecule has 0 aliphatic carbocycles. The molecule has 90 valence electrons. The Bertz CT molecular complexity index is 318. The monoisotopic (exact) mass is 224 g/mol. The molecular weight excluding hydrogens is 204 g/mol. The molecule has 1 unspecified atom stereocenters. The van der Waals surface area contributed by atoms with Gasteiger partial charge in [-0.1, -0.05) is 6.92 Å². The number of aliphatic hydroxyl groups is 1. The lowest BCUT2D eigenvalue weighted by Crippen LogP contribution is -2.32. The van der Waals surface area contributed by atoms with Crippen molar-refractivity contribution < 1.29 is 9.84 Å². The summed E-state index contributed by atoms with van der Waals surface area (Å²) in [7, 11) is 1.59. The molecule has 0 aliphatic rings. The van der Waals surface area contributed by atoms with Crippen LogP contribution in [0.25, 0.3) is 0 Å². The highest BCUT2D eigenvalue weighted by molar-refractivity contribution is 5.32. The average Bonchev–Trinajstić information content (AvgIpc) is 2.34. The normalized spacial score (nSPS) is 14.5. The highest BCUT2D eigenvalue weighted by Gasteiger charge is 2.19. The molecular formula is C12H20N2O2. The van der Waals surface area contributed by atoms with Gasteiger partial charge in [0.1, 0.15) is 5.75 Å². The molecule has 0 amide bonds. The van der Waals surface area contributed by atoms with Gasteiger partial charge in [0.05, 0.1) is 13.2 Å². The van der Waals surface area contributed by atoms with Crippen LogP contribution in [0.5, 0.6) is 5.75 Å². The van der Waals surface area contributed by atoms with Gasteiger partial charge in [-0.15, -0.1) is 0 Å². The van der Waals surface area contributed by atoms with Gasteiger partial charge in [0, 0.05) is 24.0 Å². The topological polar surface area (TPSA) is 54.4 Å². The molecule has 0 bridgehead atoms. The Morgan fingerprint density at radius 2 is 2.31 bits per heavy atom. The maximum atomic E-state index is 10.1. The Morgan fingerprint density at radius 1 is 1.56 bits per heavy atom. The number of nitrogens with zero attached hydrogens (tertiary/aromatic N) is 1. The number of pyridine rings is 1. The summed E-state index contributed by atoms with van der Waals surface area (Å²) in [5, 5.41) is 13.4. The molecule has 0 saturated heterocycles. The number of nitrogens with one attached hydrogen (secondary N) is 1. The fourth-order valence-electron chi connectivity index (χ4n) is 1.55. The summed E-state index contributed by atoms with van der Waals surface area (Å²) in [6.45, 7) is 4.93. The van der Waals surface area contributed by atoms with E-state index in [1.165, 1.54) is 0 Å². The van der Waals surface area contributed by atoms with Gasteiger partial charge in [-0.25, -0.2) is 0 Å². The van der Waals surface area contributed by atoms with Crippen LogP contribution in [0.1, 0.15) is 31.9 Å². The summed E-state index contributed by atoms with van der Waals surface area (Å²) in [5.74, 6) is 0.674. The molecule has 2 N–H and O–H groups in total. The Labute approximate surface area is 96.7 Å². The molecule has 16 heavy (non-hydrogen) atoms. The number of hydrogen-bond donors (Lipinski definition) is 2. The van der Waals surface area contributed by atoms with E-state index in [9.17, 15) is 5.11 Å². The van der Waals surface area contributed by atoms with Gasteiger partial charge < -0.3 is 15.2 Å². The average molecular weight is 224 g/mol. The molecule has 2 atom stereocenters. The third-order valence-electron chi connectivity index (χ3n) is 2.54. The minimum Gasteiger partial charge on any atom is -0.496 e. The predicted octanol–water partition coefficient (Wildman–Crippen LogP) is 1.51. The molecule has 4 heteroatoms. The molecule has 1 aromatic heterocycles. The van der Waals surface area contributed by atoms with E-state index in [2.05, 4.69) is 17.2 Å². The quantitative estimate of drug-likeness (QED) is 0.769. The molecule has 1 heterocycles. The first-order valence-corrected chi connectivity index (χ1v) is 5.60.